The van der Waals surface area contributed by atoms with Gasteiger partial charge in [0.1, 0.15) is 22.8 Å². The second-order valence-corrected chi connectivity index (χ2v) is 12.4. The van der Waals surface area contributed by atoms with Gasteiger partial charge in [-0.05, 0) is 87.6 Å². The van der Waals surface area contributed by atoms with Crippen molar-refractivity contribution in [1.29, 1.82) is 0 Å². The summed E-state index contributed by atoms with van der Waals surface area (Å²) in [6.07, 6.45) is 1.21. The van der Waals surface area contributed by atoms with Crippen molar-refractivity contribution in [3.05, 3.63) is 82.7 Å². The Hall–Kier alpha value is -4.80. The van der Waals surface area contributed by atoms with Gasteiger partial charge in [-0.2, -0.15) is 0 Å². The average Bonchev–Trinajstić information content (AvgIpc) is 3.06. The Bertz CT molecular complexity index is 1560. The van der Waals surface area contributed by atoms with Crippen LogP contribution in [0.25, 0.3) is 0 Å². The zero-order chi connectivity index (χ0) is 34.1. The molecule has 1 saturated heterocycles. The Morgan fingerprint density at radius 3 is 2.17 bits per heavy atom. The summed E-state index contributed by atoms with van der Waals surface area (Å²) < 4.78 is 37.7. The van der Waals surface area contributed by atoms with Crippen LogP contribution >= 0.6 is 0 Å². The second kappa shape index (κ2) is 15.7. The fourth-order valence-electron chi connectivity index (χ4n) is 5.37. The van der Waals surface area contributed by atoms with E-state index in [2.05, 4.69) is 10.6 Å². The maximum atomic E-state index is 16.3. The Morgan fingerprint density at radius 2 is 1.55 bits per heavy atom. The smallest absolute Gasteiger partial charge is 0.410 e. The minimum atomic E-state index is -0.635. The van der Waals surface area contributed by atoms with E-state index in [0.29, 0.717) is 48.0 Å². The molecule has 2 amide bonds. The number of halogens is 1. The molecule has 47 heavy (non-hydrogen) atoms. The first-order valence-electron chi connectivity index (χ1n) is 15.6. The number of methoxy groups -OCH3 is 3. The molecule has 0 aliphatic carbocycles. The van der Waals surface area contributed by atoms with Crippen molar-refractivity contribution < 1.29 is 37.7 Å². The third kappa shape index (κ3) is 9.37. The minimum Gasteiger partial charge on any atom is -0.497 e. The van der Waals surface area contributed by atoms with Crippen LogP contribution in [0.4, 0.5) is 14.9 Å². The highest BCUT2D eigenvalue weighted by Crippen LogP contribution is 2.32. The molecule has 252 valence electrons. The molecule has 0 spiro atoms. The Kier molecular flexibility index (Phi) is 11.7. The van der Waals surface area contributed by atoms with Gasteiger partial charge in [0.05, 0.1) is 33.6 Å². The number of rotatable bonds is 12. The fraction of sp³-hybridized carbons (Fsp3) is 0.417. The van der Waals surface area contributed by atoms with Gasteiger partial charge >= 0.3 is 6.09 Å². The van der Waals surface area contributed by atoms with Gasteiger partial charge < -0.3 is 34.5 Å². The third-order valence-corrected chi connectivity index (χ3v) is 8.00. The van der Waals surface area contributed by atoms with E-state index in [-0.39, 0.29) is 53.5 Å². The maximum Gasteiger partial charge on any atom is 0.410 e. The molecule has 3 aromatic rings. The molecule has 11 heteroatoms. The Balaban J connectivity index is 1.45. The Labute approximate surface area is 275 Å². The number of benzene rings is 3. The lowest BCUT2D eigenvalue weighted by Gasteiger charge is -2.33. The van der Waals surface area contributed by atoms with Gasteiger partial charge in [-0.25, -0.2) is 9.18 Å². The maximum absolute atomic E-state index is 16.3. The molecule has 0 saturated carbocycles. The molecule has 0 bridgehead atoms. The monoisotopic (exact) mass is 649 g/mol. The number of anilines is 1. The molecule has 0 unspecified atom stereocenters. The number of hydrogen-bond donors (Lipinski definition) is 2. The summed E-state index contributed by atoms with van der Waals surface area (Å²) in [7, 11) is 4.59. The molecule has 2 N–H and O–H groups in total. The number of carbonyl (C=O) groups excluding carboxylic acids is 3. The number of likely N-dealkylation sites (tertiary alicyclic amines) is 1. The van der Waals surface area contributed by atoms with E-state index in [9.17, 15) is 14.4 Å². The fourth-order valence-corrected chi connectivity index (χ4v) is 5.37. The van der Waals surface area contributed by atoms with Crippen molar-refractivity contribution in [3.8, 4) is 17.2 Å². The highest BCUT2D eigenvalue weighted by molar-refractivity contribution is 6.10. The van der Waals surface area contributed by atoms with Crippen LogP contribution in [0.15, 0.2) is 54.6 Å². The number of ether oxygens (including phenoxy) is 4. The average molecular weight is 650 g/mol. The summed E-state index contributed by atoms with van der Waals surface area (Å²) in [4.78, 5) is 40.4. The summed E-state index contributed by atoms with van der Waals surface area (Å²) in [5.41, 5.74) is 0.937. The van der Waals surface area contributed by atoms with E-state index < -0.39 is 11.4 Å². The number of nitrogens with zero attached hydrogens (tertiary/aromatic N) is 1. The number of amides is 2. The highest BCUT2D eigenvalue weighted by Gasteiger charge is 2.27. The third-order valence-electron chi connectivity index (χ3n) is 8.00. The van der Waals surface area contributed by atoms with Gasteiger partial charge in [0.15, 0.2) is 11.6 Å². The van der Waals surface area contributed by atoms with E-state index in [1.165, 1.54) is 20.3 Å². The molecule has 1 aliphatic rings. The van der Waals surface area contributed by atoms with Crippen molar-refractivity contribution in [2.75, 3.05) is 52.8 Å². The number of piperidine rings is 1. The topological polar surface area (TPSA) is 115 Å². The molecule has 10 nitrogen and oxygen atoms in total. The van der Waals surface area contributed by atoms with Gasteiger partial charge in [-0.3, -0.25) is 9.59 Å². The SMILES string of the molecule is COc1ccc(C(=O)c2ccc(NCC(=O)NCC3CCN(C(=O)OC(C)(C)C)CC3)c(F)c2Cc2ccc(OC)cc2OC)cc1. The number of nitrogens with one attached hydrogen (secondary N) is 2. The molecule has 0 radical (unpaired) electrons. The summed E-state index contributed by atoms with van der Waals surface area (Å²) in [6, 6.07) is 14.9. The standard InChI is InChI=1S/C36H44FN3O7/c1-36(2,3)47-35(43)40-17-15-23(16-18-40)21-39-32(41)22-38-30-14-13-28(34(42)24-7-10-26(44-4)11-8-24)29(33(30)37)19-25-9-12-27(45-5)20-31(25)46-6/h7-14,20,23,38H,15-19,21-22H2,1-6H3,(H,39,41). The lowest BCUT2D eigenvalue weighted by Crippen LogP contribution is -2.44. The Morgan fingerprint density at radius 1 is 0.894 bits per heavy atom. The van der Waals surface area contributed by atoms with Crippen LogP contribution in [0, 0.1) is 11.7 Å². The van der Waals surface area contributed by atoms with Crippen molar-refractivity contribution in [3.63, 3.8) is 0 Å². The second-order valence-electron chi connectivity index (χ2n) is 12.4. The van der Waals surface area contributed by atoms with Crippen LogP contribution in [0.1, 0.15) is 60.7 Å². The molecule has 0 aromatic heterocycles. The molecule has 1 aliphatic heterocycles. The van der Waals surface area contributed by atoms with Gasteiger partial charge in [-0.1, -0.05) is 6.07 Å². The number of ketones is 1. The summed E-state index contributed by atoms with van der Waals surface area (Å²) in [5.74, 6) is 0.594. The zero-order valence-corrected chi connectivity index (χ0v) is 27.9. The first kappa shape index (κ1) is 35.1. The van der Waals surface area contributed by atoms with Crippen molar-refractivity contribution >= 4 is 23.5 Å². The van der Waals surface area contributed by atoms with E-state index in [4.69, 9.17) is 18.9 Å². The molecule has 4 rings (SSSR count). The largest absolute Gasteiger partial charge is 0.497 e. The number of hydrogen-bond acceptors (Lipinski definition) is 8. The lowest BCUT2D eigenvalue weighted by atomic mass is 9.92. The molecule has 0 atom stereocenters. The van der Waals surface area contributed by atoms with Crippen molar-refractivity contribution in [2.45, 2.75) is 45.6 Å². The first-order chi connectivity index (χ1) is 22.4. The molecule has 3 aromatic carbocycles. The summed E-state index contributed by atoms with van der Waals surface area (Å²) in [6.45, 7) is 6.91. The van der Waals surface area contributed by atoms with Crippen molar-refractivity contribution in [2.24, 2.45) is 5.92 Å². The van der Waals surface area contributed by atoms with Crippen molar-refractivity contribution in [1.82, 2.24) is 10.2 Å². The molecular formula is C36H44FN3O7. The van der Waals surface area contributed by atoms with Crippen LogP contribution in [0.2, 0.25) is 0 Å². The van der Waals surface area contributed by atoms with Crippen LogP contribution in [0.5, 0.6) is 17.2 Å². The van der Waals surface area contributed by atoms with Crippen LogP contribution in [0.3, 0.4) is 0 Å². The number of carbonyl (C=O) groups is 3. The van der Waals surface area contributed by atoms with Gasteiger partial charge in [0.2, 0.25) is 5.91 Å². The van der Waals surface area contributed by atoms with E-state index in [1.54, 1.807) is 60.5 Å². The molecule has 1 fully saturated rings. The summed E-state index contributed by atoms with van der Waals surface area (Å²) in [5, 5.41) is 5.82. The van der Waals surface area contributed by atoms with Crippen LogP contribution in [-0.4, -0.2) is 75.8 Å². The first-order valence-corrected chi connectivity index (χ1v) is 15.6. The van der Waals surface area contributed by atoms with Crippen LogP contribution in [-0.2, 0) is 16.0 Å². The van der Waals surface area contributed by atoms with E-state index in [0.717, 1.165) is 12.8 Å². The predicted molar refractivity (Wildman–Crippen MR) is 177 cm³/mol. The van der Waals surface area contributed by atoms with Gasteiger partial charge in [0, 0.05) is 48.8 Å². The molecule has 1 heterocycles. The predicted octanol–water partition coefficient (Wildman–Crippen LogP) is 5.85. The van der Waals surface area contributed by atoms with Gasteiger partial charge in [-0.15, -0.1) is 0 Å². The van der Waals surface area contributed by atoms with E-state index >= 15 is 4.39 Å². The quantitative estimate of drug-likeness (QED) is 0.235. The zero-order valence-electron chi connectivity index (χ0n) is 27.9. The summed E-state index contributed by atoms with van der Waals surface area (Å²) >= 11 is 0. The molecular weight excluding hydrogens is 605 g/mol. The normalized spacial score (nSPS) is 13.5. The van der Waals surface area contributed by atoms with Crippen LogP contribution < -0.4 is 24.8 Å². The van der Waals surface area contributed by atoms with Gasteiger partial charge in [0.25, 0.3) is 0 Å². The minimum absolute atomic E-state index is 0.0555. The lowest BCUT2D eigenvalue weighted by molar-refractivity contribution is -0.119. The highest BCUT2D eigenvalue weighted by atomic mass is 19.1. The van der Waals surface area contributed by atoms with E-state index in [1.807, 2.05) is 20.8 Å².